The van der Waals surface area contributed by atoms with Crippen LogP contribution in [-0.2, 0) is 22.4 Å². The number of rotatable bonds is 8. The maximum Gasteiger partial charge on any atom is 0.341 e. The first-order valence-corrected chi connectivity index (χ1v) is 10.9. The zero-order valence-electron chi connectivity index (χ0n) is 17.6. The Morgan fingerprint density at radius 2 is 1.97 bits per heavy atom. The molecule has 1 amide bonds. The second-order valence-corrected chi connectivity index (χ2v) is 8.09. The third-order valence-corrected chi connectivity index (χ3v) is 6.08. The number of amides is 1. The van der Waals surface area contributed by atoms with E-state index >= 15 is 0 Å². The van der Waals surface area contributed by atoms with Crippen molar-refractivity contribution in [2.45, 2.75) is 39.0 Å². The van der Waals surface area contributed by atoms with Crippen molar-refractivity contribution in [3.63, 3.8) is 0 Å². The average molecular weight is 430 g/mol. The maximum absolute atomic E-state index is 12.5. The van der Waals surface area contributed by atoms with Gasteiger partial charge in [-0.05, 0) is 61.4 Å². The van der Waals surface area contributed by atoms with Gasteiger partial charge in [0.05, 0.1) is 26.4 Å². The van der Waals surface area contributed by atoms with Crippen molar-refractivity contribution in [1.29, 1.82) is 0 Å². The van der Waals surface area contributed by atoms with E-state index in [0.29, 0.717) is 28.7 Å². The third kappa shape index (κ3) is 5.02. The lowest BCUT2D eigenvalue weighted by atomic mass is 9.95. The molecule has 0 atom stereocenters. The molecular formula is C23H27NO5S. The minimum Gasteiger partial charge on any atom is -0.493 e. The smallest absolute Gasteiger partial charge is 0.341 e. The molecule has 0 saturated heterocycles. The molecule has 0 bridgehead atoms. The summed E-state index contributed by atoms with van der Waals surface area (Å²) in [7, 11) is 2.95. The topological polar surface area (TPSA) is 73.9 Å². The summed E-state index contributed by atoms with van der Waals surface area (Å²) in [5.74, 6) is 0.586. The van der Waals surface area contributed by atoms with Gasteiger partial charge in [-0.25, -0.2) is 4.79 Å². The van der Waals surface area contributed by atoms with E-state index in [0.717, 1.165) is 48.1 Å². The molecule has 0 aliphatic heterocycles. The number of hydrogen-bond donors (Lipinski definition) is 1. The largest absolute Gasteiger partial charge is 0.493 e. The van der Waals surface area contributed by atoms with Crippen molar-refractivity contribution < 1.29 is 23.8 Å². The SMILES string of the molecule is CCCOc1ccc(C=CC(=O)Nc2sc3c(c2C(=O)OC)CCCC3)cc1OC. The molecule has 0 spiro atoms. The standard InChI is InChI=1S/C23H27NO5S/c1-4-13-29-17-11-9-15(14-18(17)27-2)10-12-20(25)24-22-21(23(26)28-3)16-7-5-6-8-19(16)30-22/h9-12,14H,4-8,13H2,1-3H3,(H,24,25). The summed E-state index contributed by atoms with van der Waals surface area (Å²) in [6, 6.07) is 5.51. The number of methoxy groups -OCH3 is 2. The Morgan fingerprint density at radius 3 is 2.70 bits per heavy atom. The van der Waals surface area contributed by atoms with Crippen LogP contribution in [0.2, 0.25) is 0 Å². The van der Waals surface area contributed by atoms with Gasteiger partial charge in [0.15, 0.2) is 11.5 Å². The first-order chi connectivity index (χ1) is 14.6. The fourth-order valence-corrected chi connectivity index (χ4v) is 4.70. The Morgan fingerprint density at radius 1 is 1.17 bits per heavy atom. The number of benzene rings is 1. The molecule has 160 valence electrons. The van der Waals surface area contributed by atoms with Crippen LogP contribution in [0.3, 0.4) is 0 Å². The van der Waals surface area contributed by atoms with E-state index in [2.05, 4.69) is 5.32 Å². The average Bonchev–Trinajstić information content (AvgIpc) is 3.13. The number of fused-ring (bicyclic) bond motifs is 1. The quantitative estimate of drug-likeness (QED) is 0.479. The van der Waals surface area contributed by atoms with Crippen LogP contribution in [0.15, 0.2) is 24.3 Å². The van der Waals surface area contributed by atoms with E-state index in [-0.39, 0.29) is 5.91 Å². The van der Waals surface area contributed by atoms with Crippen LogP contribution in [0.4, 0.5) is 5.00 Å². The van der Waals surface area contributed by atoms with E-state index in [1.54, 1.807) is 13.2 Å². The van der Waals surface area contributed by atoms with E-state index in [1.807, 2.05) is 25.1 Å². The highest BCUT2D eigenvalue weighted by Crippen LogP contribution is 2.38. The Bertz CT molecular complexity index is 947. The first-order valence-electron chi connectivity index (χ1n) is 10.1. The Labute approximate surface area is 180 Å². The zero-order chi connectivity index (χ0) is 21.5. The van der Waals surface area contributed by atoms with Crippen molar-refractivity contribution >= 4 is 34.3 Å². The summed E-state index contributed by atoms with van der Waals surface area (Å²) in [5.41, 5.74) is 2.33. The molecule has 0 fully saturated rings. The highest BCUT2D eigenvalue weighted by Gasteiger charge is 2.26. The number of nitrogens with one attached hydrogen (secondary N) is 1. The van der Waals surface area contributed by atoms with Gasteiger partial charge in [-0.1, -0.05) is 13.0 Å². The highest BCUT2D eigenvalue weighted by molar-refractivity contribution is 7.17. The van der Waals surface area contributed by atoms with Gasteiger partial charge < -0.3 is 19.5 Å². The molecular weight excluding hydrogens is 402 g/mol. The van der Waals surface area contributed by atoms with Crippen LogP contribution in [0.5, 0.6) is 11.5 Å². The number of aryl methyl sites for hydroxylation is 1. The molecule has 30 heavy (non-hydrogen) atoms. The lowest BCUT2D eigenvalue weighted by molar-refractivity contribution is -0.111. The minimum atomic E-state index is -0.402. The number of hydrogen-bond acceptors (Lipinski definition) is 6. The summed E-state index contributed by atoms with van der Waals surface area (Å²) in [6.45, 7) is 2.65. The lowest BCUT2D eigenvalue weighted by Crippen LogP contribution is -2.13. The molecule has 1 heterocycles. The molecule has 0 unspecified atom stereocenters. The third-order valence-electron chi connectivity index (χ3n) is 4.87. The normalized spacial score (nSPS) is 13.0. The maximum atomic E-state index is 12.5. The fourth-order valence-electron chi connectivity index (χ4n) is 3.42. The predicted octanol–water partition coefficient (Wildman–Crippen LogP) is 4.86. The van der Waals surface area contributed by atoms with Gasteiger partial charge in [0.2, 0.25) is 5.91 Å². The van der Waals surface area contributed by atoms with Crippen molar-refractivity contribution in [2.24, 2.45) is 0 Å². The molecule has 1 aliphatic carbocycles. The Kier molecular flexibility index (Phi) is 7.52. The van der Waals surface area contributed by atoms with Gasteiger partial charge in [-0.3, -0.25) is 4.79 Å². The van der Waals surface area contributed by atoms with Crippen molar-refractivity contribution in [3.8, 4) is 11.5 Å². The molecule has 0 radical (unpaired) electrons. The molecule has 0 saturated carbocycles. The number of anilines is 1. The van der Waals surface area contributed by atoms with Crippen LogP contribution < -0.4 is 14.8 Å². The van der Waals surface area contributed by atoms with Crippen LogP contribution in [-0.4, -0.2) is 32.7 Å². The van der Waals surface area contributed by atoms with Crippen LogP contribution in [0.25, 0.3) is 6.08 Å². The van der Waals surface area contributed by atoms with E-state index < -0.39 is 5.97 Å². The fraction of sp³-hybridized carbons (Fsp3) is 0.391. The van der Waals surface area contributed by atoms with Gasteiger partial charge >= 0.3 is 5.97 Å². The second-order valence-electron chi connectivity index (χ2n) is 6.99. The second kappa shape index (κ2) is 10.3. The number of esters is 1. The highest BCUT2D eigenvalue weighted by atomic mass is 32.1. The number of ether oxygens (including phenoxy) is 3. The predicted molar refractivity (Wildman–Crippen MR) is 119 cm³/mol. The first kappa shape index (κ1) is 21.9. The van der Waals surface area contributed by atoms with Gasteiger partial charge in [-0.15, -0.1) is 11.3 Å². The van der Waals surface area contributed by atoms with Crippen molar-refractivity contribution in [1.82, 2.24) is 0 Å². The summed E-state index contributed by atoms with van der Waals surface area (Å²) < 4.78 is 16.0. The Balaban J connectivity index is 1.75. The van der Waals surface area contributed by atoms with Gasteiger partial charge in [0.25, 0.3) is 0 Å². The molecule has 6 nitrogen and oxygen atoms in total. The van der Waals surface area contributed by atoms with Gasteiger partial charge in [-0.2, -0.15) is 0 Å². The molecule has 1 aromatic heterocycles. The lowest BCUT2D eigenvalue weighted by Gasteiger charge is -2.11. The van der Waals surface area contributed by atoms with Crippen LogP contribution in [0.1, 0.15) is 52.5 Å². The van der Waals surface area contributed by atoms with E-state index in [4.69, 9.17) is 14.2 Å². The molecule has 3 rings (SSSR count). The molecule has 1 aromatic carbocycles. The monoisotopic (exact) mass is 429 g/mol. The number of carbonyl (C=O) groups is 2. The van der Waals surface area contributed by atoms with Crippen molar-refractivity contribution in [2.75, 3.05) is 26.1 Å². The van der Waals surface area contributed by atoms with Gasteiger partial charge in [0.1, 0.15) is 5.00 Å². The van der Waals surface area contributed by atoms with E-state index in [9.17, 15) is 9.59 Å². The minimum absolute atomic E-state index is 0.302. The van der Waals surface area contributed by atoms with Gasteiger partial charge in [0, 0.05) is 11.0 Å². The summed E-state index contributed by atoms with van der Waals surface area (Å²) in [6.07, 6.45) is 7.97. The van der Waals surface area contributed by atoms with Crippen LogP contribution in [0, 0.1) is 0 Å². The summed E-state index contributed by atoms with van der Waals surface area (Å²) in [5, 5.41) is 3.42. The summed E-state index contributed by atoms with van der Waals surface area (Å²) in [4.78, 5) is 26.0. The number of thiophene rings is 1. The van der Waals surface area contributed by atoms with Crippen LogP contribution >= 0.6 is 11.3 Å². The Hall–Kier alpha value is -2.80. The zero-order valence-corrected chi connectivity index (χ0v) is 18.4. The molecule has 1 aliphatic rings. The summed E-state index contributed by atoms with van der Waals surface area (Å²) >= 11 is 1.47. The molecule has 1 N–H and O–H groups in total. The molecule has 2 aromatic rings. The van der Waals surface area contributed by atoms with Crippen molar-refractivity contribution in [3.05, 3.63) is 45.8 Å². The molecule has 7 heteroatoms. The van der Waals surface area contributed by atoms with E-state index in [1.165, 1.54) is 24.5 Å². The number of carbonyl (C=O) groups excluding carboxylic acids is 2.